The van der Waals surface area contributed by atoms with Gasteiger partial charge in [0, 0.05) is 18.8 Å². The standard InChI is InChI=1S/C24H32N2O2S/c1-5-14-25-24(28)20(4)26(15-21-12-10-18(2)11-13-21)23(27)17-29-16-22-9-7-6-8-19(22)3/h6-13,20H,5,14-17H2,1-4H3,(H,25,28)/t20-/m1/s1. The smallest absolute Gasteiger partial charge is 0.242 e. The first-order chi connectivity index (χ1) is 13.9. The van der Waals surface area contributed by atoms with E-state index in [-0.39, 0.29) is 11.8 Å². The lowest BCUT2D eigenvalue weighted by molar-refractivity contribution is -0.138. The largest absolute Gasteiger partial charge is 0.354 e. The second-order valence-electron chi connectivity index (χ2n) is 7.39. The van der Waals surface area contributed by atoms with Crippen LogP contribution < -0.4 is 5.32 Å². The summed E-state index contributed by atoms with van der Waals surface area (Å²) < 4.78 is 0. The molecule has 0 fully saturated rings. The van der Waals surface area contributed by atoms with Crippen LogP contribution in [-0.4, -0.2) is 35.1 Å². The van der Waals surface area contributed by atoms with E-state index in [1.807, 2.05) is 57.2 Å². The number of carbonyl (C=O) groups excluding carboxylic acids is 2. The maximum absolute atomic E-state index is 13.0. The van der Waals surface area contributed by atoms with Gasteiger partial charge < -0.3 is 10.2 Å². The van der Waals surface area contributed by atoms with Crippen molar-refractivity contribution in [2.24, 2.45) is 0 Å². The first-order valence-corrected chi connectivity index (χ1v) is 11.3. The molecule has 4 nitrogen and oxygen atoms in total. The Labute approximate surface area is 179 Å². The van der Waals surface area contributed by atoms with Gasteiger partial charge in [-0.3, -0.25) is 9.59 Å². The van der Waals surface area contributed by atoms with Gasteiger partial charge in [-0.2, -0.15) is 0 Å². The van der Waals surface area contributed by atoms with Crippen LogP contribution in [0, 0.1) is 13.8 Å². The van der Waals surface area contributed by atoms with E-state index in [4.69, 9.17) is 0 Å². The SMILES string of the molecule is CCCNC(=O)[C@@H](C)N(Cc1ccc(C)cc1)C(=O)CSCc1ccccc1C. The van der Waals surface area contributed by atoms with Crippen LogP contribution in [0.4, 0.5) is 0 Å². The molecule has 0 saturated carbocycles. The van der Waals surface area contributed by atoms with E-state index in [0.717, 1.165) is 17.7 Å². The molecule has 1 atom stereocenters. The Hall–Kier alpha value is -2.27. The summed E-state index contributed by atoms with van der Waals surface area (Å²) >= 11 is 1.59. The Morgan fingerprint density at radius 2 is 1.76 bits per heavy atom. The molecule has 0 heterocycles. The predicted octanol–water partition coefficient (Wildman–Crippen LogP) is 4.48. The minimum Gasteiger partial charge on any atom is -0.354 e. The number of rotatable bonds is 10. The van der Waals surface area contributed by atoms with Crippen LogP contribution in [0.25, 0.3) is 0 Å². The van der Waals surface area contributed by atoms with Gasteiger partial charge in [-0.15, -0.1) is 11.8 Å². The number of thioether (sulfide) groups is 1. The molecule has 2 rings (SSSR count). The van der Waals surface area contributed by atoms with Crippen molar-refractivity contribution in [3.8, 4) is 0 Å². The van der Waals surface area contributed by atoms with E-state index in [1.54, 1.807) is 16.7 Å². The molecule has 0 saturated heterocycles. The maximum atomic E-state index is 13.0. The number of carbonyl (C=O) groups is 2. The number of nitrogens with one attached hydrogen (secondary N) is 1. The van der Waals surface area contributed by atoms with Gasteiger partial charge in [-0.05, 0) is 43.9 Å². The summed E-state index contributed by atoms with van der Waals surface area (Å²) in [6.45, 7) is 9.01. The van der Waals surface area contributed by atoms with Crippen molar-refractivity contribution in [1.29, 1.82) is 0 Å². The number of benzene rings is 2. The Morgan fingerprint density at radius 3 is 2.41 bits per heavy atom. The third-order valence-corrected chi connectivity index (χ3v) is 5.90. The zero-order valence-electron chi connectivity index (χ0n) is 17.9. The topological polar surface area (TPSA) is 49.4 Å². The van der Waals surface area contributed by atoms with E-state index in [2.05, 4.69) is 24.4 Å². The Bertz CT molecular complexity index is 805. The molecule has 1 N–H and O–H groups in total. The van der Waals surface area contributed by atoms with Crippen LogP contribution >= 0.6 is 11.8 Å². The van der Waals surface area contributed by atoms with Gasteiger partial charge in [-0.25, -0.2) is 0 Å². The highest BCUT2D eigenvalue weighted by atomic mass is 32.2. The van der Waals surface area contributed by atoms with Crippen molar-refractivity contribution < 1.29 is 9.59 Å². The van der Waals surface area contributed by atoms with Crippen LogP contribution in [0.5, 0.6) is 0 Å². The first-order valence-electron chi connectivity index (χ1n) is 10.2. The molecule has 29 heavy (non-hydrogen) atoms. The van der Waals surface area contributed by atoms with Gasteiger partial charge in [0.25, 0.3) is 0 Å². The molecule has 0 radical (unpaired) electrons. The molecule has 0 aliphatic heterocycles. The number of amides is 2. The van der Waals surface area contributed by atoms with Crippen LogP contribution in [0.2, 0.25) is 0 Å². The molecule has 0 aliphatic carbocycles. The van der Waals surface area contributed by atoms with Crippen molar-refractivity contribution in [3.05, 3.63) is 70.8 Å². The Balaban J connectivity index is 2.05. The van der Waals surface area contributed by atoms with Gasteiger partial charge in [0.2, 0.25) is 11.8 Å². The van der Waals surface area contributed by atoms with E-state index in [0.29, 0.717) is 18.8 Å². The molecule has 2 amide bonds. The molecular weight excluding hydrogens is 380 g/mol. The fourth-order valence-corrected chi connectivity index (χ4v) is 3.96. The lowest BCUT2D eigenvalue weighted by Gasteiger charge is -2.29. The molecule has 0 aliphatic rings. The molecule has 2 aromatic rings. The van der Waals surface area contributed by atoms with Gasteiger partial charge in [0.1, 0.15) is 6.04 Å². The van der Waals surface area contributed by atoms with Crippen molar-refractivity contribution in [2.45, 2.75) is 52.5 Å². The third-order valence-electron chi connectivity index (χ3n) is 4.93. The second kappa shape index (κ2) is 11.7. The van der Waals surface area contributed by atoms with Crippen molar-refractivity contribution in [3.63, 3.8) is 0 Å². The fraction of sp³-hybridized carbons (Fsp3) is 0.417. The highest BCUT2D eigenvalue weighted by Gasteiger charge is 2.25. The Morgan fingerprint density at radius 1 is 1.07 bits per heavy atom. The number of hydrogen-bond acceptors (Lipinski definition) is 3. The molecule has 0 bridgehead atoms. The van der Waals surface area contributed by atoms with Crippen LogP contribution in [0.15, 0.2) is 48.5 Å². The molecule has 156 valence electrons. The van der Waals surface area contributed by atoms with Gasteiger partial charge in [0.15, 0.2) is 0 Å². The van der Waals surface area contributed by atoms with Crippen LogP contribution in [-0.2, 0) is 21.9 Å². The lowest BCUT2D eigenvalue weighted by Crippen LogP contribution is -2.48. The van der Waals surface area contributed by atoms with Crippen molar-refractivity contribution >= 4 is 23.6 Å². The number of nitrogens with zero attached hydrogens (tertiary/aromatic N) is 1. The molecular formula is C24H32N2O2S. The molecule has 2 aromatic carbocycles. The summed E-state index contributed by atoms with van der Waals surface area (Å²) in [5, 5.41) is 2.91. The van der Waals surface area contributed by atoms with E-state index < -0.39 is 6.04 Å². The third kappa shape index (κ3) is 7.24. The molecule has 0 aromatic heterocycles. The summed E-state index contributed by atoms with van der Waals surface area (Å²) in [6, 6.07) is 15.8. The molecule has 5 heteroatoms. The van der Waals surface area contributed by atoms with Gasteiger partial charge in [-0.1, -0.05) is 61.0 Å². The van der Waals surface area contributed by atoms with Crippen LogP contribution in [0.3, 0.4) is 0 Å². The van der Waals surface area contributed by atoms with E-state index in [1.165, 1.54) is 16.7 Å². The van der Waals surface area contributed by atoms with Gasteiger partial charge >= 0.3 is 0 Å². The summed E-state index contributed by atoms with van der Waals surface area (Å²) in [4.78, 5) is 27.2. The summed E-state index contributed by atoms with van der Waals surface area (Å²) in [6.07, 6.45) is 0.872. The normalized spacial score (nSPS) is 11.7. The Kier molecular flexibility index (Phi) is 9.26. The van der Waals surface area contributed by atoms with Gasteiger partial charge in [0.05, 0.1) is 5.75 Å². The second-order valence-corrected chi connectivity index (χ2v) is 8.38. The maximum Gasteiger partial charge on any atom is 0.242 e. The number of aryl methyl sites for hydroxylation is 2. The summed E-state index contributed by atoms with van der Waals surface area (Å²) in [5.74, 6) is 1.03. The van der Waals surface area contributed by atoms with Crippen LogP contribution in [0.1, 0.15) is 42.5 Å². The van der Waals surface area contributed by atoms with E-state index in [9.17, 15) is 9.59 Å². The van der Waals surface area contributed by atoms with Crippen molar-refractivity contribution in [1.82, 2.24) is 10.2 Å². The summed E-state index contributed by atoms with van der Waals surface area (Å²) in [5.41, 5.74) is 4.68. The highest BCUT2D eigenvalue weighted by molar-refractivity contribution is 7.99. The first kappa shape index (κ1) is 23.0. The van der Waals surface area contributed by atoms with E-state index >= 15 is 0 Å². The molecule has 0 spiro atoms. The number of hydrogen-bond donors (Lipinski definition) is 1. The average molecular weight is 413 g/mol. The average Bonchev–Trinajstić information content (AvgIpc) is 2.72. The zero-order chi connectivity index (χ0) is 21.2. The monoisotopic (exact) mass is 412 g/mol. The summed E-state index contributed by atoms with van der Waals surface area (Å²) in [7, 11) is 0. The van der Waals surface area contributed by atoms with Crippen molar-refractivity contribution in [2.75, 3.05) is 12.3 Å². The predicted molar refractivity (Wildman–Crippen MR) is 122 cm³/mol. The lowest BCUT2D eigenvalue weighted by atomic mass is 10.1. The minimum atomic E-state index is -0.505. The highest BCUT2D eigenvalue weighted by Crippen LogP contribution is 2.18. The quantitative estimate of drug-likeness (QED) is 0.626. The zero-order valence-corrected chi connectivity index (χ0v) is 18.7. The molecule has 0 unspecified atom stereocenters. The fourth-order valence-electron chi connectivity index (χ4n) is 2.97. The minimum absolute atomic E-state index is 0.0108.